The van der Waals surface area contributed by atoms with Gasteiger partial charge in [-0.25, -0.2) is 13.4 Å². The molecule has 2 aromatic heterocycles. The van der Waals surface area contributed by atoms with Gasteiger partial charge in [0, 0.05) is 18.3 Å². The quantitative estimate of drug-likeness (QED) is 0.799. The van der Waals surface area contributed by atoms with Crippen LogP contribution in [0.3, 0.4) is 0 Å². The predicted molar refractivity (Wildman–Crippen MR) is 96.9 cm³/mol. The molecule has 9 heteroatoms. The summed E-state index contributed by atoms with van der Waals surface area (Å²) in [4.78, 5) is 29.4. The Bertz CT molecular complexity index is 951. The number of carbonyl (C=O) groups is 2. The Morgan fingerprint density at radius 1 is 1.35 bits per heavy atom. The van der Waals surface area contributed by atoms with Gasteiger partial charge in [0.05, 0.1) is 17.0 Å². The zero-order valence-electron chi connectivity index (χ0n) is 14.7. The monoisotopic (exact) mass is 378 g/mol. The average molecular weight is 378 g/mol. The highest BCUT2D eigenvalue weighted by Gasteiger charge is 2.30. The molecule has 1 saturated heterocycles. The number of sulfone groups is 1. The molecule has 3 heterocycles. The highest BCUT2D eigenvalue weighted by molar-refractivity contribution is 7.91. The number of nitrogens with zero attached hydrogens (tertiary/aromatic N) is 2. The molecule has 0 aliphatic carbocycles. The summed E-state index contributed by atoms with van der Waals surface area (Å²) in [7, 11) is -3.09. The van der Waals surface area contributed by atoms with Crippen molar-refractivity contribution in [3.63, 3.8) is 0 Å². The largest absolute Gasteiger partial charge is 0.347 e. The minimum absolute atomic E-state index is 0.0143. The maximum Gasteiger partial charge on any atom is 0.287 e. The summed E-state index contributed by atoms with van der Waals surface area (Å²) < 4.78 is 24.7. The van der Waals surface area contributed by atoms with E-state index in [0.717, 1.165) is 6.42 Å². The molecule has 0 radical (unpaired) electrons. The number of aromatic nitrogens is 2. The highest BCUT2D eigenvalue weighted by atomic mass is 32.2. The van der Waals surface area contributed by atoms with E-state index in [2.05, 4.69) is 15.6 Å². The molecule has 140 valence electrons. The molecular formula is C17H22N4O4S. The average Bonchev–Trinajstić information content (AvgIpc) is 3.14. The summed E-state index contributed by atoms with van der Waals surface area (Å²) in [6.07, 6.45) is 2.84. The number of imidazole rings is 1. The lowest BCUT2D eigenvalue weighted by Crippen LogP contribution is -2.36. The third kappa shape index (κ3) is 3.72. The molecule has 0 bridgehead atoms. The molecule has 2 amide bonds. The lowest BCUT2D eigenvalue weighted by atomic mass is 10.2. The number of fused-ring (bicyclic) bond motifs is 1. The number of carbonyl (C=O) groups excluding carboxylic acids is 2. The van der Waals surface area contributed by atoms with E-state index in [1.807, 2.05) is 13.8 Å². The second-order valence-electron chi connectivity index (χ2n) is 6.60. The zero-order chi connectivity index (χ0) is 18.9. The van der Waals surface area contributed by atoms with Crippen molar-refractivity contribution in [3.8, 4) is 0 Å². The fourth-order valence-corrected chi connectivity index (χ4v) is 4.59. The van der Waals surface area contributed by atoms with E-state index in [0.29, 0.717) is 11.9 Å². The summed E-state index contributed by atoms with van der Waals surface area (Å²) in [6.45, 7) is 3.85. The number of pyridine rings is 1. The van der Waals surface area contributed by atoms with Crippen molar-refractivity contribution >= 4 is 27.2 Å². The fourth-order valence-electron chi connectivity index (χ4n) is 2.92. The second-order valence-corrected chi connectivity index (χ2v) is 8.82. The van der Waals surface area contributed by atoms with Gasteiger partial charge in [-0.1, -0.05) is 13.0 Å². The first-order valence-corrected chi connectivity index (χ1v) is 10.4. The maximum absolute atomic E-state index is 12.6. The van der Waals surface area contributed by atoms with E-state index in [9.17, 15) is 18.0 Å². The van der Waals surface area contributed by atoms with Crippen molar-refractivity contribution in [2.24, 2.45) is 0 Å². The number of hydrogen-bond acceptors (Lipinski definition) is 5. The molecule has 1 aliphatic rings. The van der Waals surface area contributed by atoms with Crippen molar-refractivity contribution in [2.45, 2.75) is 38.8 Å². The minimum atomic E-state index is -3.09. The van der Waals surface area contributed by atoms with Crippen LogP contribution in [0.25, 0.3) is 5.52 Å². The van der Waals surface area contributed by atoms with E-state index in [-0.39, 0.29) is 35.0 Å². The third-order valence-electron chi connectivity index (χ3n) is 4.52. The van der Waals surface area contributed by atoms with Gasteiger partial charge in [0.15, 0.2) is 15.5 Å². The van der Waals surface area contributed by atoms with Gasteiger partial charge in [-0.3, -0.25) is 14.0 Å². The Balaban J connectivity index is 1.89. The molecular weight excluding hydrogens is 356 g/mol. The van der Waals surface area contributed by atoms with Crippen LogP contribution in [0.5, 0.6) is 0 Å². The number of nitrogens with one attached hydrogen (secondary N) is 2. The minimum Gasteiger partial charge on any atom is -0.347 e. The van der Waals surface area contributed by atoms with E-state index in [1.165, 1.54) is 0 Å². The normalized spacial score (nSPS) is 20.0. The first-order valence-electron chi connectivity index (χ1n) is 8.60. The Kier molecular flexibility index (Phi) is 4.99. The van der Waals surface area contributed by atoms with Crippen molar-refractivity contribution < 1.29 is 18.0 Å². The van der Waals surface area contributed by atoms with Crippen LogP contribution in [-0.4, -0.2) is 53.2 Å². The van der Waals surface area contributed by atoms with E-state index < -0.39 is 21.8 Å². The van der Waals surface area contributed by atoms with Crippen molar-refractivity contribution in [1.29, 1.82) is 0 Å². The Labute approximate surface area is 151 Å². The lowest BCUT2D eigenvalue weighted by molar-refractivity contribution is 0.0928. The first kappa shape index (κ1) is 18.4. The van der Waals surface area contributed by atoms with Gasteiger partial charge in [0.1, 0.15) is 0 Å². The smallest absolute Gasteiger partial charge is 0.287 e. The Morgan fingerprint density at radius 2 is 2.12 bits per heavy atom. The first-order chi connectivity index (χ1) is 12.3. The third-order valence-corrected chi connectivity index (χ3v) is 6.29. The van der Waals surface area contributed by atoms with Gasteiger partial charge in [-0.2, -0.15) is 0 Å². The molecule has 0 spiro atoms. The summed E-state index contributed by atoms with van der Waals surface area (Å²) in [5.74, 6) is -0.692. The second kappa shape index (κ2) is 7.06. The maximum atomic E-state index is 12.6. The van der Waals surface area contributed by atoms with E-state index in [4.69, 9.17) is 0 Å². The predicted octanol–water partition coefficient (Wildman–Crippen LogP) is 0.780. The van der Waals surface area contributed by atoms with Crippen LogP contribution in [0.15, 0.2) is 24.4 Å². The number of rotatable bonds is 5. The fraction of sp³-hybridized carbons (Fsp3) is 0.471. The number of amides is 2. The summed E-state index contributed by atoms with van der Waals surface area (Å²) >= 11 is 0. The number of hydrogen-bond donors (Lipinski definition) is 2. The summed E-state index contributed by atoms with van der Waals surface area (Å²) in [6, 6.07) is 4.77. The molecule has 3 rings (SSSR count). The van der Waals surface area contributed by atoms with Gasteiger partial charge in [0.2, 0.25) is 5.82 Å². The topological polar surface area (TPSA) is 110 Å². The van der Waals surface area contributed by atoms with Gasteiger partial charge in [0.25, 0.3) is 11.8 Å². The lowest BCUT2D eigenvalue weighted by Gasteiger charge is -2.10. The molecule has 26 heavy (non-hydrogen) atoms. The van der Waals surface area contributed by atoms with Crippen LogP contribution in [0, 0.1) is 0 Å². The molecule has 1 fully saturated rings. The molecule has 2 N–H and O–H groups in total. The van der Waals surface area contributed by atoms with Crippen LogP contribution < -0.4 is 10.6 Å². The molecule has 0 saturated carbocycles. The Morgan fingerprint density at radius 3 is 2.77 bits per heavy atom. The zero-order valence-corrected chi connectivity index (χ0v) is 15.5. The van der Waals surface area contributed by atoms with Crippen LogP contribution in [0.4, 0.5) is 0 Å². The molecule has 8 nitrogen and oxygen atoms in total. The van der Waals surface area contributed by atoms with Gasteiger partial charge in [-0.05, 0) is 31.9 Å². The highest BCUT2D eigenvalue weighted by Crippen LogP contribution is 2.16. The molecule has 2 atom stereocenters. The van der Waals surface area contributed by atoms with Crippen LogP contribution in [-0.2, 0) is 9.84 Å². The molecule has 1 aliphatic heterocycles. The van der Waals surface area contributed by atoms with Crippen molar-refractivity contribution in [1.82, 2.24) is 20.0 Å². The molecule has 0 aromatic carbocycles. The van der Waals surface area contributed by atoms with Crippen LogP contribution in [0.1, 0.15) is 47.8 Å². The van der Waals surface area contributed by atoms with Gasteiger partial charge < -0.3 is 10.6 Å². The Hall–Kier alpha value is -2.42. The van der Waals surface area contributed by atoms with Crippen LogP contribution in [0.2, 0.25) is 0 Å². The van der Waals surface area contributed by atoms with E-state index >= 15 is 0 Å². The van der Waals surface area contributed by atoms with Crippen LogP contribution >= 0.6 is 0 Å². The van der Waals surface area contributed by atoms with Crippen molar-refractivity contribution in [2.75, 3.05) is 11.5 Å². The van der Waals surface area contributed by atoms with E-state index in [1.54, 1.807) is 28.8 Å². The van der Waals surface area contributed by atoms with Crippen molar-refractivity contribution in [3.05, 3.63) is 35.9 Å². The summed E-state index contributed by atoms with van der Waals surface area (Å²) in [5.41, 5.74) is 0.615. The summed E-state index contributed by atoms with van der Waals surface area (Å²) in [5, 5.41) is 5.56. The molecule has 2 unspecified atom stereocenters. The standard InChI is InChI=1S/C17H22N4O4S/c1-3-11(2)18-17(23)15-20-14(13-6-4-5-8-21(13)15)16(22)19-12-7-9-26(24,25)10-12/h4-6,8,11-12H,3,7,9-10H2,1-2H3,(H,18,23)(H,19,22). The van der Waals surface area contributed by atoms with Gasteiger partial charge in [-0.15, -0.1) is 0 Å². The van der Waals surface area contributed by atoms with Gasteiger partial charge >= 0.3 is 0 Å². The molecule has 2 aromatic rings. The SMILES string of the molecule is CCC(C)NC(=O)c1nc(C(=O)NC2CCS(=O)(=O)C2)c2ccccn12.